The van der Waals surface area contributed by atoms with E-state index in [1.54, 1.807) is 6.92 Å². The summed E-state index contributed by atoms with van der Waals surface area (Å²) < 4.78 is 4.53. The Kier molecular flexibility index (Phi) is 8.40. The maximum Gasteiger partial charge on any atom is 0.307 e. The van der Waals surface area contributed by atoms with Gasteiger partial charge in [0.1, 0.15) is 0 Å². The first-order valence-corrected chi connectivity index (χ1v) is 6.05. The molecule has 1 unspecified atom stereocenters. The number of nitrogens with one attached hydrogen (secondary N) is 2. The van der Waals surface area contributed by atoms with E-state index >= 15 is 0 Å². The molecule has 0 spiro atoms. The zero-order chi connectivity index (χ0) is 13.3. The molecule has 5 nitrogen and oxygen atoms in total. The van der Waals surface area contributed by atoms with Gasteiger partial charge >= 0.3 is 5.97 Å². The standard InChI is InChI=1S/C12H24N2O3/c1-9(2)13-7-5-6-11(15)14-10(3)8-12(16)17-4/h9-10,13H,5-8H2,1-4H3,(H,14,15). The van der Waals surface area contributed by atoms with Crippen LogP contribution >= 0.6 is 0 Å². The zero-order valence-corrected chi connectivity index (χ0v) is 11.2. The molecule has 0 aliphatic carbocycles. The quantitative estimate of drug-likeness (QED) is 0.490. The Labute approximate surface area is 103 Å². The summed E-state index contributed by atoms with van der Waals surface area (Å²) in [6, 6.07) is 0.268. The van der Waals surface area contributed by atoms with E-state index in [1.807, 2.05) is 0 Å². The fraction of sp³-hybridized carbons (Fsp3) is 0.833. The number of hydrogen-bond acceptors (Lipinski definition) is 4. The SMILES string of the molecule is COC(=O)CC(C)NC(=O)CCCNC(C)C. The number of amides is 1. The zero-order valence-electron chi connectivity index (χ0n) is 11.2. The van der Waals surface area contributed by atoms with Gasteiger partial charge in [0, 0.05) is 18.5 Å². The van der Waals surface area contributed by atoms with Crippen molar-refractivity contribution in [2.75, 3.05) is 13.7 Å². The van der Waals surface area contributed by atoms with Crippen LogP contribution in [0.15, 0.2) is 0 Å². The third-order valence-corrected chi connectivity index (χ3v) is 2.24. The predicted octanol–water partition coefficient (Wildman–Crippen LogP) is 0.832. The molecule has 0 saturated heterocycles. The Hall–Kier alpha value is -1.10. The van der Waals surface area contributed by atoms with Crippen molar-refractivity contribution in [3.05, 3.63) is 0 Å². The van der Waals surface area contributed by atoms with Gasteiger partial charge < -0.3 is 15.4 Å². The summed E-state index contributed by atoms with van der Waals surface area (Å²) in [4.78, 5) is 22.4. The van der Waals surface area contributed by atoms with Crippen LogP contribution in [0.1, 0.15) is 40.0 Å². The molecular formula is C12H24N2O3. The number of hydrogen-bond donors (Lipinski definition) is 2. The minimum atomic E-state index is -0.306. The number of rotatable bonds is 8. The first-order chi connectivity index (χ1) is 7.95. The molecule has 0 bridgehead atoms. The van der Waals surface area contributed by atoms with Gasteiger partial charge in [-0.3, -0.25) is 9.59 Å². The molecule has 0 radical (unpaired) electrons. The lowest BCUT2D eigenvalue weighted by Gasteiger charge is -2.13. The van der Waals surface area contributed by atoms with Crippen molar-refractivity contribution < 1.29 is 14.3 Å². The van der Waals surface area contributed by atoms with E-state index in [1.165, 1.54) is 7.11 Å². The minimum absolute atomic E-state index is 0.0213. The number of carbonyl (C=O) groups is 2. The van der Waals surface area contributed by atoms with Crippen molar-refractivity contribution in [2.45, 2.75) is 52.1 Å². The van der Waals surface area contributed by atoms with E-state index in [-0.39, 0.29) is 24.3 Å². The van der Waals surface area contributed by atoms with Gasteiger partial charge in [-0.2, -0.15) is 0 Å². The Morgan fingerprint density at radius 3 is 2.41 bits per heavy atom. The van der Waals surface area contributed by atoms with Crippen LogP contribution in [0.2, 0.25) is 0 Å². The number of esters is 1. The van der Waals surface area contributed by atoms with Crippen LogP contribution in [0, 0.1) is 0 Å². The lowest BCUT2D eigenvalue weighted by molar-refractivity contribution is -0.141. The van der Waals surface area contributed by atoms with Gasteiger partial charge in [0.25, 0.3) is 0 Å². The second kappa shape index (κ2) is 8.98. The molecule has 100 valence electrons. The molecule has 0 aliphatic heterocycles. The summed E-state index contributed by atoms with van der Waals surface area (Å²) in [7, 11) is 1.34. The molecule has 5 heteroatoms. The summed E-state index contributed by atoms with van der Waals surface area (Å²) in [6.45, 7) is 6.76. The topological polar surface area (TPSA) is 67.4 Å². The molecule has 0 aliphatic rings. The number of carbonyl (C=O) groups excluding carboxylic acids is 2. The highest BCUT2D eigenvalue weighted by atomic mass is 16.5. The van der Waals surface area contributed by atoms with E-state index in [9.17, 15) is 9.59 Å². The largest absolute Gasteiger partial charge is 0.469 e. The summed E-state index contributed by atoms with van der Waals surface area (Å²) in [6.07, 6.45) is 1.49. The highest BCUT2D eigenvalue weighted by Crippen LogP contribution is 1.95. The Bertz CT molecular complexity index is 242. The van der Waals surface area contributed by atoms with Crippen LogP contribution in [0.25, 0.3) is 0 Å². The van der Waals surface area contributed by atoms with Crippen LogP contribution in [0.4, 0.5) is 0 Å². The van der Waals surface area contributed by atoms with Gasteiger partial charge in [-0.1, -0.05) is 13.8 Å². The lowest BCUT2D eigenvalue weighted by Crippen LogP contribution is -2.35. The number of ether oxygens (including phenoxy) is 1. The van der Waals surface area contributed by atoms with E-state index < -0.39 is 0 Å². The van der Waals surface area contributed by atoms with Crippen molar-refractivity contribution in [3.63, 3.8) is 0 Å². The maximum absolute atomic E-state index is 11.5. The molecular weight excluding hydrogens is 220 g/mol. The summed E-state index contributed by atoms with van der Waals surface area (Å²) in [5.74, 6) is -0.328. The Morgan fingerprint density at radius 2 is 1.88 bits per heavy atom. The van der Waals surface area contributed by atoms with Gasteiger partial charge in [-0.15, -0.1) is 0 Å². The van der Waals surface area contributed by atoms with Crippen LogP contribution < -0.4 is 10.6 Å². The average molecular weight is 244 g/mol. The summed E-state index contributed by atoms with van der Waals surface area (Å²) in [5.41, 5.74) is 0. The molecule has 0 rings (SSSR count). The molecule has 0 saturated carbocycles. The molecule has 1 amide bonds. The van der Waals surface area contributed by atoms with E-state index in [4.69, 9.17) is 0 Å². The molecule has 2 N–H and O–H groups in total. The number of methoxy groups -OCH3 is 1. The maximum atomic E-state index is 11.5. The van der Waals surface area contributed by atoms with Crippen molar-refractivity contribution in [1.82, 2.24) is 10.6 Å². The molecule has 0 aromatic rings. The van der Waals surface area contributed by atoms with Gasteiger partial charge in [-0.25, -0.2) is 0 Å². The summed E-state index contributed by atoms with van der Waals surface area (Å²) in [5, 5.41) is 6.01. The average Bonchev–Trinajstić information content (AvgIpc) is 2.23. The van der Waals surface area contributed by atoms with Crippen LogP contribution in [-0.4, -0.2) is 37.6 Å². The predicted molar refractivity (Wildman–Crippen MR) is 66.6 cm³/mol. The second-order valence-corrected chi connectivity index (χ2v) is 4.46. The van der Waals surface area contributed by atoms with Crippen molar-refractivity contribution >= 4 is 11.9 Å². The minimum Gasteiger partial charge on any atom is -0.469 e. The molecule has 0 aromatic carbocycles. The highest BCUT2D eigenvalue weighted by molar-refractivity contribution is 5.77. The van der Waals surface area contributed by atoms with Crippen LogP contribution in [0.3, 0.4) is 0 Å². The highest BCUT2D eigenvalue weighted by Gasteiger charge is 2.11. The Morgan fingerprint density at radius 1 is 1.24 bits per heavy atom. The van der Waals surface area contributed by atoms with Crippen molar-refractivity contribution in [2.24, 2.45) is 0 Å². The van der Waals surface area contributed by atoms with Crippen LogP contribution in [-0.2, 0) is 14.3 Å². The van der Waals surface area contributed by atoms with Crippen molar-refractivity contribution in [1.29, 1.82) is 0 Å². The molecule has 1 atom stereocenters. The smallest absolute Gasteiger partial charge is 0.307 e. The fourth-order valence-electron chi connectivity index (χ4n) is 1.37. The van der Waals surface area contributed by atoms with E-state index in [0.29, 0.717) is 12.5 Å². The molecule has 17 heavy (non-hydrogen) atoms. The molecule has 0 fully saturated rings. The van der Waals surface area contributed by atoms with Crippen LogP contribution in [0.5, 0.6) is 0 Å². The van der Waals surface area contributed by atoms with E-state index in [2.05, 4.69) is 29.2 Å². The molecule has 0 heterocycles. The second-order valence-electron chi connectivity index (χ2n) is 4.46. The fourth-order valence-corrected chi connectivity index (χ4v) is 1.37. The summed E-state index contributed by atoms with van der Waals surface area (Å²) >= 11 is 0. The van der Waals surface area contributed by atoms with Gasteiger partial charge in [0.05, 0.1) is 13.5 Å². The molecule has 0 aromatic heterocycles. The van der Waals surface area contributed by atoms with Gasteiger partial charge in [0.15, 0.2) is 0 Å². The third kappa shape index (κ3) is 9.81. The van der Waals surface area contributed by atoms with Gasteiger partial charge in [-0.05, 0) is 19.9 Å². The van der Waals surface area contributed by atoms with E-state index in [0.717, 1.165) is 13.0 Å². The first-order valence-electron chi connectivity index (χ1n) is 6.05. The normalized spacial score (nSPS) is 12.3. The Balaban J connectivity index is 3.60. The van der Waals surface area contributed by atoms with Gasteiger partial charge in [0.2, 0.25) is 5.91 Å². The monoisotopic (exact) mass is 244 g/mol. The first kappa shape index (κ1) is 15.9. The third-order valence-electron chi connectivity index (χ3n) is 2.24. The lowest BCUT2D eigenvalue weighted by atomic mass is 10.2. The van der Waals surface area contributed by atoms with Crippen molar-refractivity contribution in [3.8, 4) is 0 Å².